The van der Waals surface area contributed by atoms with Crippen LogP contribution in [-0.2, 0) is 0 Å². The van der Waals surface area contributed by atoms with Gasteiger partial charge in [0.1, 0.15) is 11.3 Å². The monoisotopic (exact) mass is 397 g/mol. The summed E-state index contributed by atoms with van der Waals surface area (Å²) in [6.45, 7) is 3.93. The van der Waals surface area contributed by atoms with Crippen LogP contribution in [0, 0.1) is 11.6 Å². The summed E-state index contributed by atoms with van der Waals surface area (Å²) in [6.07, 6.45) is 0. The van der Waals surface area contributed by atoms with E-state index in [0.29, 0.717) is 33.7 Å². The maximum atomic E-state index is 13.6. The summed E-state index contributed by atoms with van der Waals surface area (Å²) in [5.41, 5.74) is 1.59. The maximum Gasteiger partial charge on any atom is 0.335 e. The van der Waals surface area contributed by atoms with Gasteiger partial charge in [-0.2, -0.15) is 0 Å². The van der Waals surface area contributed by atoms with Gasteiger partial charge in [-0.05, 0) is 44.2 Å². The molecule has 2 aromatic heterocycles. The van der Waals surface area contributed by atoms with Gasteiger partial charge >= 0.3 is 5.97 Å². The Morgan fingerprint density at radius 2 is 1.79 bits per heavy atom. The van der Waals surface area contributed by atoms with Crippen LogP contribution in [0.3, 0.4) is 0 Å². The smallest absolute Gasteiger partial charge is 0.335 e. The molecule has 2 heterocycles. The molecule has 4 aromatic rings. The number of aromatic carboxylic acids is 1. The van der Waals surface area contributed by atoms with Crippen molar-refractivity contribution >= 4 is 33.8 Å². The van der Waals surface area contributed by atoms with Crippen LogP contribution in [0.25, 0.3) is 33.5 Å². The average molecular weight is 397 g/mol. The first-order valence-electron chi connectivity index (χ1n) is 8.91. The normalized spacial score (nSPS) is 11.5. The predicted molar refractivity (Wildman–Crippen MR) is 105 cm³/mol. The average Bonchev–Trinajstić information content (AvgIpc) is 3.08. The number of furan rings is 1. The zero-order chi connectivity index (χ0) is 20.9. The SMILES string of the molecule is CC(C)N(C)c1nc2cc(C(=O)O)ccc2nc1-c1cc2cc(F)c(F)cc2o1. The van der Waals surface area contributed by atoms with Crippen molar-refractivity contribution in [2.24, 2.45) is 0 Å². The number of fused-ring (bicyclic) bond motifs is 2. The van der Waals surface area contributed by atoms with Crippen molar-refractivity contribution in [2.45, 2.75) is 19.9 Å². The number of carboxylic acids is 1. The molecular weight excluding hydrogens is 380 g/mol. The van der Waals surface area contributed by atoms with Gasteiger partial charge in [-0.15, -0.1) is 0 Å². The molecule has 29 heavy (non-hydrogen) atoms. The minimum Gasteiger partial charge on any atom is -0.478 e. The highest BCUT2D eigenvalue weighted by molar-refractivity contribution is 5.94. The van der Waals surface area contributed by atoms with Crippen LogP contribution in [0.15, 0.2) is 40.8 Å². The third kappa shape index (κ3) is 3.26. The third-order valence-electron chi connectivity index (χ3n) is 4.79. The van der Waals surface area contributed by atoms with Gasteiger partial charge in [-0.25, -0.2) is 23.5 Å². The lowest BCUT2D eigenvalue weighted by Crippen LogP contribution is -2.27. The Morgan fingerprint density at radius 1 is 1.07 bits per heavy atom. The molecule has 6 nitrogen and oxygen atoms in total. The summed E-state index contributed by atoms with van der Waals surface area (Å²) in [4.78, 5) is 22.4. The van der Waals surface area contributed by atoms with E-state index in [1.54, 1.807) is 12.1 Å². The highest BCUT2D eigenvalue weighted by Gasteiger charge is 2.21. The maximum absolute atomic E-state index is 13.6. The minimum atomic E-state index is -1.06. The van der Waals surface area contributed by atoms with E-state index in [-0.39, 0.29) is 17.2 Å². The highest BCUT2D eigenvalue weighted by Crippen LogP contribution is 2.34. The van der Waals surface area contributed by atoms with Crippen molar-refractivity contribution in [3.8, 4) is 11.5 Å². The van der Waals surface area contributed by atoms with E-state index in [0.717, 1.165) is 12.1 Å². The molecule has 0 fully saturated rings. The second kappa shape index (κ2) is 6.80. The Bertz CT molecular complexity index is 1230. The number of nitrogens with zero attached hydrogens (tertiary/aromatic N) is 3. The molecule has 0 unspecified atom stereocenters. The van der Waals surface area contributed by atoms with Crippen molar-refractivity contribution in [1.82, 2.24) is 9.97 Å². The zero-order valence-corrected chi connectivity index (χ0v) is 15.9. The quantitative estimate of drug-likeness (QED) is 0.530. The molecule has 0 spiro atoms. The molecule has 0 aliphatic carbocycles. The molecule has 4 rings (SSSR count). The fourth-order valence-electron chi connectivity index (χ4n) is 2.98. The number of carbonyl (C=O) groups is 1. The van der Waals surface area contributed by atoms with Gasteiger partial charge in [0.25, 0.3) is 0 Å². The highest BCUT2D eigenvalue weighted by atomic mass is 19.2. The number of carboxylic acid groups (broad SMARTS) is 1. The molecule has 0 saturated heterocycles. The molecule has 1 N–H and O–H groups in total. The number of hydrogen-bond donors (Lipinski definition) is 1. The lowest BCUT2D eigenvalue weighted by atomic mass is 10.1. The first-order chi connectivity index (χ1) is 13.7. The van der Waals surface area contributed by atoms with Gasteiger partial charge in [0.2, 0.25) is 0 Å². The van der Waals surface area contributed by atoms with Gasteiger partial charge in [0.15, 0.2) is 23.2 Å². The second-order valence-electron chi connectivity index (χ2n) is 7.02. The fraction of sp³-hybridized carbons (Fsp3) is 0.190. The van der Waals surface area contributed by atoms with Crippen molar-refractivity contribution in [3.05, 3.63) is 53.6 Å². The van der Waals surface area contributed by atoms with Gasteiger partial charge in [-0.1, -0.05) is 0 Å². The predicted octanol–water partition coefficient (Wildman–Crippen LogP) is 4.86. The topological polar surface area (TPSA) is 79.5 Å². The minimum absolute atomic E-state index is 0.0578. The Kier molecular flexibility index (Phi) is 4.41. The fourth-order valence-corrected chi connectivity index (χ4v) is 2.98. The molecule has 0 saturated carbocycles. The molecule has 0 aliphatic heterocycles. The van der Waals surface area contributed by atoms with E-state index < -0.39 is 17.6 Å². The summed E-state index contributed by atoms with van der Waals surface area (Å²) in [5.74, 6) is -2.24. The first-order valence-corrected chi connectivity index (χ1v) is 8.91. The van der Waals surface area contributed by atoms with E-state index in [1.807, 2.05) is 25.8 Å². The van der Waals surface area contributed by atoms with E-state index >= 15 is 0 Å². The summed E-state index contributed by atoms with van der Waals surface area (Å²) >= 11 is 0. The van der Waals surface area contributed by atoms with E-state index in [2.05, 4.69) is 9.97 Å². The number of anilines is 1. The van der Waals surface area contributed by atoms with Crippen molar-refractivity contribution in [2.75, 3.05) is 11.9 Å². The Balaban J connectivity index is 1.97. The first kappa shape index (κ1) is 18.8. The number of halogens is 2. The second-order valence-corrected chi connectivity index (χ2v) is 7.02. The summed E-state index contributed by atoms with van der Waals surface area (Å²) in [6, 6.07) is 8.16. The van der Waals surface area contributed by atoms with Crippen LogP contribution < -0.4 is 4.90 Å². The summed E-state index contributed by atoms with van der Waals surface area (Å²) in [5, 5.41) is 9.64. The van der Waals surface area contributed by atoms with E-state index in [4.69, 9.17) is 4.42 Å². The van der Waals surface area contributed by atoms with E-state index in [9.17, 15) is 18.7 Å². The van der Waals surface area contributed by atoms with Crippen molar-refractivity contribution in [3.63, 3.8) is 0 Å². The molecule has 0 amide bonds. The Morgan fingerprint density at radius 3 is 2.48 bits per heavy atom. The number of aromatic nitrogens is 2. The molecule has 0 aliphatic rings. The van der Waals surface area contributed by atoms with Crippen LogP contribution in [0.2, 0.25) is 0 Å². The summed E-state index contributed by atoms with van der Waals surface area (Å²) < 4.78 is 32.9. The van der Waals surface area contributed by atoms with Crippen LogP contribution in [0.1, 0.15) is 24.2 Å². The standard InChI is InChI=1S/C21H17F2N3O3/c1-10(2)26(3)20-19(18-8-12-6-13(22)14(23)9-17(12)29-18)24-15-5-4-11(21(27)28)7-16(15)25-20/h4-10H,1-3H3,(H,27,28). The molecule has 8 heteroatoms. The van der Waals surface area contributed by atoms with Crippen LogP contribution in [-0.4, -0.2) is 34.1 Å². The number of rotatable bonds is 4. The largest absolute Gasteiger partial charge is 0.478 e. The van der Waals surface area contributed by atoms with Crippen LogP contribution in [0.4, 0.5) is 14.6 Å². The lowest BCUT2D eigenvalue weighted by Gasteiger charge is -2.24. The Labute approximate surface area is 164 Å². The zero-order valence-electron chi connectivity index (χ0n) is 15.9. The van der Waals surface area contributed by atoms with Gasteiger partial charge in [-0.3, -0.25) is 0 Å². The number of benzene rings is 2. The molecule has 0 atom stereocenters. The van der Waals surface area contributed by atoms with Gasteiger partial charge in [0, 0.05) is 24.5 Å². The van der Waals surface area contributed by atoms with E-state index in [1.165, 1.54) is 12.1 Å². The lowest BCUT2D eigenvalue weighted by molar-refractivity contribution is 0.0697. The molecule has 2 aromatic carbocycles. The van der Waals surface area contributed by atoms with Gasteiger partial charge in [0.05, 0.1) is 16.6 Å². The van der Waals surface area contributed by atoms with Crippen molar-refractivity contribution in [1.29, 1.82) is 0 Å². The van der Waals surface area contributed by atoms with Gasteiger partial charge < -0.3 is 14.4 Å². The molecular formula is C21H17F2N3O3. The third-order valence-corrected chi connectivity index (χ3v) is 4.79. The number of hydrogen-bond acceptors (Lipinski definition) is 5. The molecule has 148 valence electrons. The summed E-state index contributed by atoms with van der Waals surface area (Å²) in [7, 11) is 1.83. The molecule has 0 bridgehead atoms. The van der Waals surface area contributed by atoms with Crippen LogP contribution in [0.5, 0.6) is 0 Å². The molecule has 0 radical (unpaired) electrons. The van der Waals surface area contributed by atoms with Crippen molar-refractivity contribution < 1.29 is 23.1 Å². The van der Waals surface area contributed by atoms with Crippen LogP contribution >= 0.6 is 0 Å². The Hall–Kier alpha value is -3.55.